The quantitative estimate of drug-likeness (QED) is 0.529. The summed E-state index contributed by atoms with van der Waals surface area (Å²) in [6, 6.07) is 7.61. The van der Waals surface area contributed by atoms with Crippen LogP contribution in [0.2, 0.25) is 10.0 Å². The van der Waals surface area contributed by atoms with Crippen molar-refractivity contribution in [3.8, 4) is 0 Å². The van der Waals surface area contributed by atoms with E-state index >= 15 is 0 Å². The van der Waals surface area contributed by atoms with Gasteiger partial charge in [0.05, 0.1) is 40.0 Å². The number of hydrogen-bond donors (Lipinski definition) is 1. The number of nitrogens with zero attached hydrogens (tertiary/aromatic N) is 3. The van der Waals surface area contributed by atoms with Gasteiger partial charge in [0.2, 0.25) is 11.7 Å². The molecule has 2 heterocycles. The van der Waals surface area contributed by atoms with Crippen LogP contribution in [-0.2, 0) is 15.7 Å². The Morgan fingerprint density at radius 2 is 1.71 bits per heavy atom. The van der Waals surface area contributed by atoms with Gasteiger partial charge in [-0.15, -0.1) is 0 Å². The molecule has 0 saturated carbocycles. The van der Waals surface area contributed by atoms with Crippen LogP contribution >= 0.6 is 23.2 Å². The van der Waals surface area contributed by atoms with Crippen molar-refractivity contribution in [1.82, 2.24) is 14.5 Å². The Morgan fingerprint density at radius 1 is 1.09 bits per heavy atom. The number of amides is 2. The van der Waals surface area contributed by atoms with Crippen LogP contribution in [0.15, 0.2) is 36.4 Å². The van der Waals surface area contributed by atoms with Crippen molar-refractivity contribution in [3.63, 3.8) is 0 Å². The fourth-order valence-corrected chi connectivity index (χ4v) is 4.44. The standard InChI is InChI=1S/C22H19Cl2F3N4O3/c1-12(20(33)30-8-10-34-11-9-30)31-16-7-3-6-15(18(16)29-21(31)22(25,26)27)28-19(32)17-13(23)4-2-5-14(17)24/h2-7,12H,8-11H2,1H3,(H,28,32). The molecule has 1 unspecified atom stereocenters. The molecule has 1 aromatic heterocycles. The van der Waals surface area contributed by atoms with Crippen molar-refractivity contribution in [1.29, 1.82) is 0 Å². The zero-order valence-electron chi connectivity index (χ0n) is 17.8. The summed E-state index contributed by atoms with van der Waals surface area (Å²) in [5, 5.41) is 2.72. The molecule has 180 valence electrons. The number of aromatic nitrogens is 2. The van der Waals surface area contributed by atoms with E-state index in [1.807, 2.05) is 0 Å². The highest BCUT2D eigenvalue weighted by molar-refractivity contribution is 6.40. The number of alkyl halides is 3. The molecular formula is C22H19Cl2F3N4O3. The normalized spacial score (nSPS) is 15.4. The van der Waals surface area contributed by atoms with Gasteiger partial charge in [-0.3, -0.25) is 9.59 Å². The SMILES string of the molecule is CC(C(=O)N1CCOCC1)n1c(C(F)(F)F)nc2c(NC(=O)c3c(Cl)cccc3Cl)cccc21. The number of rotatable bonds is 4. The van der Waals surface area contributed by atoms with Gasteiger partial charge in [-0.1, -0.05) is 35.3 Å². The summed E-state index contributed by atoms with van der Waals surface area (Å²) in [4.78, 5) is 31.1. The Labute approximate surface area is 202 Å². The number of anilines is 1. The van der Waals surface area contributed by atoms with Crippen molar-refractivity contribution >= 4 is 51.7 Å². The van der Waals surface area contributed by atoms with Crippen LogP contribution in [0.4, 0.5) is 18.9 Å². The number of carbonyl (C=O) groups excluding carboxylic acids is 2. The number of imidazole rings is 1. The Hall–Kier alpha value is -2.82. The van der Waals surface area contributed by atoms with Crippen molar-refractivity contribution in [2.24, 2.45) is 0 Å². The number of hydrogen-bond acceptors (Lipinski definition) is 4. The number of nitrogens with one attached hydrogen (secondary N) is 1. The molecule has 0 bridgehead atoms. The highest BCUT2D eigenvalue weighted by Gasteiger charge is 2.41. The minimum absolute atomic E-state index is 0.0193. The third-order valence-electron chi connectivity index (χ3n) is 5.48. The van der Waals surface area contributed by atoms with Crippen molar-refractivity contribution in [2.75, 3.05) is 31.6 Å². The summed E-state index contributed by atoms with van der Waals surface area (Å²) in [7, 11) is 0. The first-order valence-electron chi connectivity index (χ1n) is 10.3. The van der Waals surface area contributed by atoms with Crippen LogP contribution in [0.3, 0.4) is 0 Å². The van der Waals surface area contributed by atoms with Gasteiger partial charge in [-0.25, -0.2) is 4.98 Å². The van der Waals surface area contributed by atoms with Crippen LogP contribution in [0, 0.1) is 0 Å². The fraction of sp³-hybridized carbons (Fsp3) is 0.318. The Kier molecular flexibility index (Phi) is 6.75. The monoisotopic (exact) mass is 514 g/mol. The molecule has 1 aliphatic heterocycles. The maximum atomic E-state index is 14.0. The van der Waals surface area contributed by atoms with E-state index in [2.05, 4.69) is 10.3 Å². The molecule has 12 heteroatoms. The third-order valence-corrected chi connectivity index (χ3v) is 6.11. The summed E-state index contributed by atoms with van der Waals surface area (Å²) in [6.45, 7) is 2.60. The lowest BCUT2D eigenvalue weighted by Crippen LogP contribution is -2.44. The molecular weight excluding hydrogens is 496 g/mol. The summed E-state index contributed by atoms with van der Waals surface area (Å²) < 4.78 is 48.0. The van der Waals surface area contributed by atoms with Gasteiger partial charge in [-0.2, -0.15) is 13.2 Å². The van der Waals surface area contributed by atoms with Crippen LogP contribution in [0.1, 0.15) is 29.1 Å². The molecule has 1 saturated heterocycles. The minimum Gasteiger partial charge on any atom is -0.378 e. The van der Waals surface area contributed by atoms with Crippen molar-refractivity contribution in [3.05, 3.63) is 57.8 Å². The first-order valence-corrected chi connectivity index (χ1v) is 11.0. The van der Waals surface area contributed by atoms with Crippen molar-refractivity contribution < 1.29 is 27.5 Å². The van der Waals surface area contributed by atoms with Gasteiger partial charge in [0.25, 0.3) is 5.91 Å². The number of para-hydroxylation sites is 1. The zero-order valence-corrected chi connectivity index (χ0v) is 19.3. The Morgan fingerprint density at radius 3 is 2.32 bits per heavy atom. The molecule has 0 aliphatic carbocycles. The fourth-order valence-electron chi connectivity index (χ4n) is 3.87. The summed E-state index contributed by atoms with van der Waals surface area (Å²) in [6.07, 6.45) is -4.84. The first kappa shape index (κ1) is 24.3. The van der Waals surface area contributed by atoms with E-state index in [0.717, 1.165) is 4.57 Å². The third kappa shape index (κ3) is 4.57. The number of fused-ring (bicyclic) bond motifs is 1. The molecule has 3 aromatic rings. The molecule has 1 N–H and O–H groups in total. The van der Waals surface area contributed by atoms with Crippen LogP contribution in [-0.4, -0.2) is 52.6 Å². The molecule has 0 spiro atoms. The number of benzene rings is 2. The van der Waals surface area contributed by atoms with Crippen LogP contribution in [0.5, 0.6) is 0 Å². The first-order chi connectivity index (χ1) is 16.1. The molecule has 7 nitrogen and oxygen atoms in total. The second-order valence-corrected chi connectivity index (χ2v) is 8.46. The predicted molar refractivity (Wildman–Crippen MR) is 121 cm³/mol. The van der Waals surface area contributed by atoms with Gasteiger partial charge < -0.3 is 19.5 Å². The van der Waals surface area contributed by atoms with E-state index < -0.39 is 29.9 Å². The lowest BCUT2D eigenvalue weighted by Gasteiger charge is -2.30. The number of morpholine rings is 1. The van der Waals surface area contributed by atoms with Gasteiger partial charge in [0, 0.05) is 13.1 Å². The molecule has 34 heavy (non-hydrogen) atoms. The van der Waals surface area contributed by atoms with Gasteiger partial charge in [0.1, 0.15) is 11.6 Å². The van der Waals surface area contributed by atoms with E-state index in [1.165, 1.54) is 42.2 Å². The van der Waals surface area contributed by atoms with Crippen molar-refractivity contribution in [2.45, 2.75) is 19.1 Å². The number of halogens is 5. The minimum atomic E-state index is -4.84. The molecule has 4 rings (SSSR count). The Balaban J connectivity index is 1.78. The average molecular weight is 515 g/mol. The summed E-state index contributed by atoms with van der Waals surface area (Å²) in [5.41, 5.74) is -0.0691. The Bertz CT molecular complexity index is 1240. The van der Waals surface area contributed by atoms with E-state index in [1.54, 1.807) is 6.07 Å². The highest BCUT2D eigenvalue weighted by Crippen LogP contribution is 2.37. The second-order valence-electron chi connectivity index (χ2n) is 7.64. The maximum Gasteiger partial charge on any atom is 0.449 e. The molecule has 2 amide bonds. The van der Waals surface area contributed by atoms with Crippen LogP contribution < -0.4 is 5.32 Å². The summed E-state index contributed by atoms with van der Waals surface area (Å²) >= 11 is 12.2. The maximum absolute atomic E-state index is 14.0. The topological polar surface area (TPSA) is 76.5 Å². The molecule has 2 aromatic carbocycles. The molecule has 1 atom stereocenters. The predicted octanol–water partition coefficient (Wildman–Crippen LogP) is 5.03. The van der Waals surface area contributed by atoms with E-state index in [9.17, 15) is 22.8 Å². The van der Waals surface area contributed by atoms with Gasteiger partial charge in [-0.05, 0) is 31.2 Å². The lowest BCUT2D eigenvalue weighted by atomic mass is 10.2. The molecule has 1 fully saturated rings. The van der Waals surface area contributed by atoms with Gasteiger partial charge >= 0.3 is 6.18 Å². The smallest absolute Gasteiger partial charge is 0.378 e. The molecule has 0 radical (unpaired) electrons. The summed E-state index contributed by atoms with van der Waals surface area (Å²) in [5.74, 6) is -2.43. The highest BCUT2D eigenvalue weighted by atomic mass is 35.5. The second kappa shape index (κ2) is 9.44. The molecule has 1 aliphatic rings. The van der Waals surface area contributed by atoms with Gasteiger partial charge in [0.15, 0.2) is 0 Å². The number of carbonyl (C=O) groups is 2. The zero-order chi connectivity index (χ0) is 24.6. The lowest BCUT2D eigenvalue weighted by molar-refractivity contribution is -0.150. The number of ether oxygens (including phenoxy) is 1. The van der Waals surface area contributed by atoms with E-state index in [0.29, 0.717) is 13.2 Å². The van der Waals surface area contributed by atoms with Crippen LogP contribution in [0.25, 0.3) is 11.0 Å². The van der Waals surface area contributed by atoms with E-state index in [4.69, 9.17) is 27.9 Å². The van der Waals surface area contributed by atoms with E-state index in [-0.39, 0.29) is 45.4 Å². The average Bonchev–Trinajstić information content (AvgIpc) is 3.20. The largest absolute Gasteiger partial charge is 0.449 e.